The van der Waals surface area contributed by atoms with Crippen LogP contribution < -0.4 is 5.32 Å². The quantitative estimate of drug-likeness (QED) is 0.553. The molecule has 0 fully saturated rings. The molecule has 7 heteroatoms. The van der Waals surface area contributed by atoms with Crippen LogP contribution in [0.3, 0.4) is 0 Å². The molecule has 1 amide bonds. The summed E-state index contributed by atoms with van der Waals surface area (Å²) in [7, 11) is 1.32. The molecule has 170 valence electrons. The fourth-order valence-electron chi connectivity index (χ4n) is 4.28. The van der Waals surface area contributed by atoms with Gasteiger partial charge in [0.05, 0.1) is 13.2 Å². The first-order valence-corrected chi connectivity index (χ1v) is 10.9. The highest BCUT2D eigenvalue weighted by molar-refractivity contribution is 5.86. The van der Waals surface area contributed by atoms with Crippen LogP contribution in [0.25, 0.3) is 0 Å². The molecule has 0 heterocycles. The minimum Gasteiger partial charge on any atom is -0.480 e. The van der Waals surface area contributed by atoms with Gasteiger partial charge in [0.15, 0.2) is 0 Å². The van der Waals surface area contributed by atoms with Crippen molar-refractivity contribution in [2.75, 3.05) is 13.7 Å². The first-order valence-electron chi connectivity index (χ1n) is 10.9. The summed E-state index contributed by atoms with van der Waals surface area (Å²) < 4.78 is 4.93. The lowest BCUT2D eigenvalue weighted by molar-refractivity contribution is -0.148. The van der Waals surface area contributed by atoms with Crippen LogP contribution in [0.15, 0.2) is 54.6 Å². The Labute approximate surface area is 188 Å². The standard InChI is InChI=1S/C25H30N2O5/c1-17(26-22(25(31)32-2)13-12-18-8-4-3-5-9-18)24(30)27(16-23(28)29)21-14-19-10-6-7-11-20(19)15-21/h3-11,17,21-22,26H,12-16H2,1-2H3,(H,28,29)/t17-,22?/m0/s1. The van der Waals surface area contributed by atoms with Gasteiger partial charge in [-0.2, -0.15) is 0 Å². The number of hydrogen-bond acceptors (Lipinski definition) is 5. The number of fused-ring (bicyclic) bond motifs is 1. The number of carboxylic acid groups (broad SMARTS) is 1. The molecule has 0 spiro atoms. The van der Waals surface area contributed by atoms with Crippen LogP contribution in [0.1, 0.15) is 30.0 Å². The Morgan fingerprint density at radius 2 is 1.66 bits per heavy atom. The van der Waals surface area contributed by atoms with E-state index >= 15 is 0 Å². The molecule has 1 aliphatic rings. The lowest BCUT2D eigenvalue weighted by Gasteiger charge is -2.31. The SMILES string of the molecule is COC(=O)C(CCc1ccccc1)N[C@@H](C)C(=O)N(CC(=O)O)C1Cc2ccccc2C1. The van der Waals surface area contributed by atoms with E-state index in [-0.39, 0.29) is 18.5 Å². The molecule has 2 atom stereocenters. The number of methoxy groups -OCH3 is 1. The minimum atomic E-state index is -1.06. The number of nitrogens with one attached hydrogen (secondary N) is 1. The van der Waals surface area contributed by atoms with Gasteiger partial charge in [0.1, 0.15) is 12.6 Å². The number of esters is 1. The number of carbonyl (C=O) groups is 3. The van der Waals surface area contributed by atoms with Crippen LogP contribution in [0.4, 0.5) is 0 Å². The largest absolute Gasteiger partial charge is 0.480 e. The van der Waals surface area contributed by atoms with E-state index in [0.29, 0.717) is 25.7 Å². The minimum absolute atomic E-state index is 0.221. The number of carboxylic acids is 1. The Hall–Kier alpha value is -3.19. The van der Waals surface area contributed by atoms with E-state index in [1.807, 2.05) is 54.6 Å². The zero-order valence-electron chi connectivity index (χ0n) is 18.5. The van der Waals surface area contributed by atoms with Crippen molar-refractivity contribution in [2.24, 2.45) is 0 Å². The summed E-state index contributed by atoms with van der Waals surface area (Å²) in [5, 5.41) is 12.5. The number of aliphatic carboxylic acids is 1. The predicted octanol–water partition coefficient (Wildman–Crippen LogP) is 2.22. The molecule has 32 heavy (non-hydrogen) atoms. The molecule has 0 saturated heterocycles. The van der Waals surface area contributed by atoms with Crippen LogP contribution in [-0.2, 0) is 38.4 Å². The van der Waals surface area contributed by atoms with Crippen LogP contribution in [0.5, 0.6) is 0 Å². The maximum absolute atomic E-state index is 13.3. The molecular weight excluding hydrogens is 408 g/mol. The third-order valence-corrected chi connectivity index (χ3v) is 5.93. The zero-order chi connectivity index (χ0) is 23.1. The molecule has 0 aliphatic heterocycles. The van der Waals surface area contributed by atoms with Crippen molar-refractivity contribution in [1.82, 2.24) is 10.2 Å². The summed E-state index contributed by atoms with van der Waals surface area (Å²) >= 11 is 0. The molecule has 2 N–H and O–H groups in total. The Morgan fingerprint density at radius 1 is 1.06 bits per heavy atom. The van der Waals surface area contributed by atoms with Crippen LogP contribution in [-0.4, -0.2) is 59.6 Å². The van der Waals surface area contributed by atoms with E-state index in [0.717, 1.165) is 16.7 Å². The third-order valence-electron chi connectivity index (χ3n) is 5.93. The average molecular weight is 439 g/mol. The van der Waals surface area contributed by atoms with Gasteiger partial charge in [0.25, 0.3) is 0 Å². The first-order chi connectivity index (χ1) is 15.4. The van der Waals surface area contributed by atoms with Gasteiger partial charge in [-0.05, 0) is 49.3 Å². The predicted molar refractivity (Wildman–Crippen MR) is 120 cm³/mol. The van der Waals surface area contributed by atoms with Gasteiger partial charge in [-0.3, -0.25) is 19.7 Å². The van der Waals surface area contributed by atoms with E-state index in [9.17, 15) is 19.5 Å². The van der Waals surface area contributed by atoms with Gasteiger partial charge in [-0.25, -0.2) is 0 Å². The highest BCUT2D eigenvalue weighted by atomic mass is 16.5. The molecule has 2 aromatic carbocycles. The maximum atomic E-state index is 13.3. The van der Waals surface area contributed by atoms with Gasteiger partial charge in [-0.1, -0.05) is 54.6 Å². The second-order valence-corrected chi connectivity index (χ2v) is 8.18. The molecule has 1 unspecified atom stereocenters. The number of aryl methyl sites for hydroxylation is 1. The molecular formula is C25H30N2O5. The number of amides is 1. The Morgan fingerprint density at radius 3 is 2.22 bits per heavy atom. The Kier molecular flexibility index (Phi) is 8.00. The molecule has 7 nitrogen and oxygen atoms in total. The lowest BCUT2D eigenvalue weighted by atomic mass is 10.0. The number of ether oxygens (including phenoxy) is 1. The summed E-state index contributed by atoms with van der Waals surface area (Å²) in [6.45, 7) is 1.29. The van der Waals surface area contributed by atoms with Gasteiger partial charge in [-0.15, -0.1) is 0 Å². The van der Waals surface area contributed by atoms with E-state index in [1.165, 1.54) is 12.0 Å². The number of nitrogens with zero attached hydrogens (tertiary/aromatic N) is 1. The van der Waals surface area contributed by atoms with E-state index in [4.69, 9.17) is 4.74 Å². The fourth-order valence-corrected chi connectivity index (χ4v) is 4.28. The summed E-state index contributed by atoms with van der Waals surface area (Å²) in [6.07, 6.45) is 2.35. The topological polar surface area (TPSA) is 95.9 Å². The Balaban J connectivity index is 1.69. The highest BCUT2D eigenvalue weighted by Crippen LogP contribution is 2.26. The molecule has 0 bridgehead atoms. The number of rotatable bonds is 10. The van der Waals surface area contributed by atoms with Crippen LogP contribution >= 0.6 is 0 Å². The van der Waals surface area contributed by atoms with Crippen molar-refractivity contribution in [1.29, 1.82) is 0 Å². The van der Waals surface area contributed by atoms with Crippen molar-refractivity contribution >= 4 is 17.8 Å². The summed E-state index contributed by atoms with van der Waals surface area (Å²) in [4.78, 5) is 38.6. The first kappa shape index (κ1) is 23.5. The van der Waals surface area contributed by atoms with Crippen LogP contribution in [0, 0.1) is 0 Å². The normalized spacial score (nSPS) is 14.9. The number of hydrogen-bond donors (Lipinski definition) is 2. The summed E-state index contributed by atoms with van der Waals surface area (Å²) in [5.74, 6) is -1.84. The van der Waals surface area contributed by atoms with E-state index in [2.05, 4.69) is 5.32 Å². The van der Waals surface area contributed by atoms with E-state index in [1.54, 1.807) is 6.92 Å². The van der Waals surface area contributed by atoms with Crippen molar-refractivity contribution in [3.8, 4) is 0 Å². The number of carbonyl (C=O) groups excluding carboxylic acids is 2. The van der Waals surface area contributed by atoms with Gasteiger partial charge in [0.2, 0.25) is 5.91 Å². The maximum Gasteiger partial charge on any atom is 0.323 e. The van der Waals surface area contributed by atoms with Crippen LogP contribution in [0.2, 0.25) is 0 Å². The molecule has 2 aromatic rings. The zero-order valence-corrected chi connectivity index (χ0v) is 18.5. The monoisotopic (exact) mass is 438 g/mol. The van der Waals surface area contributed by atoms with Crippen molar-refractivity contribution in [3.63, 3.8) is 0 Å². The van der Waals surface area contributed by atoms with Crippen molar-refractivity contribution in [3.05, 3.63) is 71.3 Å². The molecule has 0 aromatic heterocycles. The fraction of sp³-hybridized carbons (Fsp3) is 0.400. The summed E-state index contributed by atoms with van der Waals surface area (Å²) in [5.41, 5.74) is 3.35. The third kappa shape index (κ3) is 5.95. The second kappa shape index (κ2) is 10.9. The highest BCUT2D eigenvalue weighted by Gasteiger charge is 2.34. The van der Waals surface area contributed by atoms with Crippen molar-refractivity contribution < 1.29 is 24.2 Å². The molecule has 3 rings (SSSR count). The average Bonchev–Trinajstić information content (AvgIpc) is 3.23. The van der Waals surface area contributed by atoms with Gasteiger partial charge in [0, 0.05) is 6.04 Å². The molecule has 1 aliphatic carbocycles. The molecule has 0 radical (unpaired) electrons. The number of benzene rings is 2. The van der Waals surface area contributed by atoms with Gasteiger partial charge < -0.3 is 14.7 Å². The van der Waals surface area contributed by atoms with Crippen molar-refractivity contribution in [2.45, 2.75) is 50.7 Å². The lowest BCUT2D eigenvalue weighted by Crippen LogP contribution is -2.54. The summed E-state index contributed by atoms with van der Waals surface area (Å²) in [6, 6.07) is 16.0. The smallest absolute Gasteiger partial charge is 0.323 e. The second-order valence-electron chi connectivity index (χ2n) is 8.18. The van der Waals surface area contributed by atoms with E-state index < -0.39 is 24.0 Å². The molecule has 0 saturated carbocycles. The van der Waals surface area contributed by atoms with Gasteiger partial charge >= 0.3 is 11.9 Å². The Bertz CT molecular complexity index is 921.